The predicted octanol–water partition coefficient (Wildman–Crippen LogP) is 6.15. The molecule has 222 valence electrons. The second-order valence-electron chi connectivity index (χ2n) is 11.4. The Morgan fingerprint density at radius 2 is 1.86 bits per heavy atom. The van der Waals surface area contributed by atoms with Crippen molar-refractivity contribution >= 4 is 43.7 Å². The molecule has 0 saturated carbocycles. The number of rotatable bonds is 8. The Labute approximate surface area is 256 Å². The topological polar surface area (TPSA) is 83.8 Å². The summed E-state index contributed by atoms with van der Waals surface area (Å²) in [4.78, 5) is 15.6. The number of hydrogen-bond acceptors (Lipinski definition) is 8. The van der Waals surface area contributed by atoms with E-state index in [4.69, 9.17) is 18.9 Å². The van der Waals surface area contributed by atoms with Crippen molar-refractivity contribution in [3.8, 4) is 0 Å². The lowest BCUT2D eigenvalue weighted by Crippen LogP contribution is -2.32. The van der Waals surface area contributed by atoms with Crippen LogP contribution in [-0.2, 0) is 32.1 Å². The summed E-state index contributed by atoms with van der Waals surface area (Å²) in [5.41, 5.74) is 3.10. The first-order chi connectivity index (χ1) is 20.8. The molecule has 0 radical (unpaired) electrons. The molecule has 2 aliphatic rings. The van der Waals surface area contributed by atoms with E-state index < -0.39 is 18.1 Å². The Morgan fingerprint density at radius 1 is 1.02 bits per heavy atom. The molecule has 2 aromatic heterocycles. The maximum atomic E-state index is 13.8. The van der Waals surface area contributed by atoms with Gasteiger partial charge in [0.1, 0.15) is 30.5 Å². The molecule has 7 rings (SSSR count). The first-order valence-corrected chi connectivity index (χ1v) is 14.9. The van der Waals surface area contributed by atoms with Crippen LogP contribution in [0.15, 0.2) is 77.8 Å². The number of hydrogen-bond donors (Lipinski definition) is 0. The van der Waals surface area contributed by atoms with Crippen LogP contribution >= 0.6 is 15.9 Å². The molecule has 3 aromatic carbocycles. The smallest absolute Gasteiger partial charge is 0.167 e. The van der Waals surface area contributed by atoms with Crippen molar-refractivity contribution in [3.05, 3.63) is 94.7 Å². The van der Waals surface area contributed by atoms with Gasteiger partial charge in [-0.2, -0.15) is 0 Å². The summed E-state index contributed by atoms with van der Waals surface area (Å²) in [6.45, 7) is 5.00. The van der Waals surface area contributed by atoms with E-state index in [0.29, 0.717) is 36.7 Å². The highest BCUT2D eigenvalue weighted by Gasteiger charge is 2.56. The van der Waals surface area contributed by atoms with E-state index >= 15 is 0 Å². The summed E-state index contributed by atoms with van der Waals surface area (Å²) >= 11 is 3.75. The zero-order valence-electron chi connectivity index (χ0n) is 24.0. The maximum Gasteiger partial charge on any atom is 0.167 e. The molecule has 4 atom stereocenters. The number of nitrogens with zero attached hydrogens (tertiary/aromatic N) is 5. The van der Waals surface area contributed by atoms with Gasteiger partial charge in [0.15, 0.2) is 29.0 Å². The van der Waals surface area contributed by atoms with Crippen molar-refractivity contribution in [1.82, 2.24) is 19.5 Å². The van der Waals surface area contributed by atoms with Crippen LogP contribution in [0, 0.1) is 5.82 Å². The average Bonchev–Trinajstić information content (AvgIpc) is 3.65. The molecule has 0 bridgehead atoms. The summed E-state index contributed by atoms with van der Waals surface area (Å²) in [7, 11) is 1.89. The van der Waals surface area contributed by atoms with Crippen LogP contribution in [0.25, 0.3) is 21.9 Å². The third-order valence-electron chi connectivity index (χ3n) is 7.89. The minimum atomic E-state index is -0.779. The van der Waals surface area contributed by atoms with Gasteiger partial charge >= 0.3 is 0 Å². The van der Waals surface area contributed by atoms with Gasteiger partial charge in [0.2, 0.25) is 0 Å². The molecule has 0 spiro atoms. The molecule has 2 fully saturated rings. The fourth-order valence-electron chi connectivity index (χ4n) is 5.98. The Morgan fingerprint density at radius 3 is 2.72 bits per heavy atom. The number of halogens is 2. The standard InChI is InChI=1S/C32H31BrFN5O4/c1-32(2)42-27-24(16-40-15-21-12-11-20-8-4-5-10-23(20)25(21)33)41-31(28(27)43-32)39-18-37-26-29(35-17-36-30(26)39)38(3)14-19-7-6-9-22(34)13-19/h4-13,17-18,24,27-28,31H,14-16H2,1-3H3/t24-,27-,28-,31-/m1/s1. The lowest BCUT2D eigenvalue weighted by molar-refractivity contribution is -0.202. The largest absolute Gasteiger partial charge is 0.374 e. The molecule has 9 nitrogen and oxygen atoms in total. The summed E-state index contributed by atoms with van der Waals surface area (Å²) < 4.78 is 42.1. The summed E-state index contributed by atoms with van der Waals surface area (Å²) in [5.74, 6) is -0.424. The number of anilines is 1. The Balaban J connectivity index is 1.11. The molecule has 0 amide bonds. The van der Waals surface area contributed by atoms with Gasteiger partial charge in [0.25, 0.3) is 0 Å². The SMILES string of the molecule is CN(Cc1cccc(F)c1)c1ncnc2c1ncn2[C@@H]1O[C@H](COCc2ccc3ccccc3c2Br)[C@H]2OC(C)(C)O[C@H]21. The molecule has 0 N–H and O–H groups in total. The number of imidazole rings is 1. The van der Waals surface area contributed by atoms with Crippen LogP contribution < -0.4 is 4.90 Å². The lowest BCUT2D eigenvalue weighted by Gasteiger charge is -2.25. The third-order valence-corrected chi connectivity index (χ3v) is 8.83. The predicted molar refractivity (Wildman–Crippen MR) is 163 cm³/mol. The molecule has 43 heavy (non-hydrogen) atoms. The minimum absolute atomic E-state index is 0.277. The monoisotopic (exact) mass is 647 g/mol. The van der Waals surface area contributed by atoms with Gasteiger partial charge in [-0.3, -0.25) is 4.57 Å². The Kier molecular flexibility index (Phi) is 7.38. The quantitative estimate of drug-likeness (QED) is 0.198. The molecule has 11 heteroatoms. The van der Waals surface area contributed by atoms with Crippen LogP contribution in [0.4, 0.5) is 10.2 Å². The molecule has 4 heterocycles. The van der Waals surface area contributed by atoms with E-state index in [0.717, 1.165) is 21.0 Å². The zero-order chi connectivity index (χ0) is 29.7. The van der Waals surface area contributed by atoms with Crippen LogP contribution in [0.2, 0.25) is 0 Å². The molecular formula is C32H31BrFN5O4. The van der Waals surface area contributed by atoms with Gasteiger partial charge in [-0.15, -0.1) is 0 Å². The number of aromatic nitrogens is 4. The van der Waals surface area contributed by atoms with Gasteiger partial charge < -0.3 is 23.8 Å². The highest BCUT2D eigenvalue weighted by Crippen LogP contribution is 2.44. The minimum Gasteiger partial charge on any atom is -0.374 e. The first kappa shape index (κ1) is 28.3. The van der Waals surface area contributed by atoms with E-state index in [1.165, 1.54) is 23.8 Å². The van der Waals surface area contributed by atoms with Gasteiger partial charge in [-0.05, 0) is 63.8 Å². The zero-order valence-corrected chi connectivity index (χ0v) is 25.6. The first-order valence-electron chi connectivity index (χ1n) is 14.2. The maximum absolute atomic E-state index is 13.8. The van der Waals surface area contributed by atoms with Crippen LogP contribution in [0.1, 0.15) is 31.2 Å². The summed E-state index contributed by atoms with van der Waals surface area (Å²) in [5, 5.41) is 2.31. The van der Waals surface area contributed by atoms with E-state index in [1.807, 2.05) is 48.6 Å². The van der Waals surface area contributed by atoms with Gasteiger partial charge in [-0.1, -0.05) is 48.5 Å². The number of fused-ring (bicyclic) bond motifs is 3. The van der Waals surface area contributed by atoms with Crippen molar-refractivity contribution in [3.63, 3.8) is 0 Å². The molecule has 2 aliphatic heterocycles. The molecule has 2 saturated heterocycles. The van der Waals surface area contributed by atoms with E-state index in [1.54, 1.807) is 12.4 Å². The van der Waals surface area contributed by atoms with Gasteiger partial charge in [0, 0.05) is 18.1 Å². The van der Waals surface area contributed by atoms with E-state index in [9.17, 15) is 4.39 Å². The van der Waals surface area contributed by atoms with Crippen LogP contribution in [0.3, 0.4) is 0 Å². The van der Waals surface area contributed by atoms with Gasteiger partial charge in [0.05, 0.1) is 19.5 Å². The fourth-order valence-corrected chi connectivity index (χ4v) is 6.59. The van der Waals surface area contributed by atoms with Crippen molar-refractivity contribution in [2.75, 3.05) is 18.6 Å². The number of ether oxygens (including phenoxy) is 4. The lowest BCUT2D eigenvalue weighted by atomic mass is 10.1. The van der Waals surface area contributed by atoms with Crippen molar-refractivity contribution in [1.29, 1.82) is 0 Å². The second kappa shape index (κ2) is 11.2. The van der Waals surface area contributed by atoms with Gasteiger partial charge in [-0.25, -0.2) is 19.3 Å². The second-order valence-corrected chi connectivity index (χ2v) is 12.2. The third kappa shape index (κ3) is 5.40. The average molecular weight is 649 g/mol. The van der Waals surface area contributed by atoms with E-state index in [-0.39, 0.29) is 18.0 Å². The Hall–Kier alpha value is -3.48. The summed E-state index contributed by atoms with van der Waals surface area (Å²) in [6.07, 6.45) is 1.57. The van der Waals surface area contributed by atoms with Crippen molar-refractivity contribution < 1.29 is 23.3 Å². The van der Waals surface area contributed by atoms with Crippen molar-refractivity contribution in [2.24, 2.45) is 0 Å². The molecule has 0 aliphatic carbocycles. The fraction of sp³-hybridized carbons (Fsp3) is 0.344. The Bertz CT molecular complexity index is 1800. The van der Waals surface area contributed by atoms with Crippen molar-refractivity contribution in [2.45, 2.75) is 57.3 Å². The normalized spacial score (nSPS) is 22.8. The molecule has 0 unspecified atom stereocenters. The number of benzene rings is 3. The highest BCUT2D eigenvalue weighted by molar-refractivity contribution is 9.10. The highest BCUT2D eigenvalue weighted by atomic mass is 79.9. The van der Waals surface area contributed by atoms with Crippen LogP contribution in [0.5, 0.6) is 0 Å². The van der Waals surface area contributed by atoms with Crippen LogP contribution in [-0.4, -0.2) is 57.3 Å². The summed E-state index contributed by atoms with van der Waals surface area (Å²) in [6, 6.07) is 18.9. The molecule has 5 aromatic rings. The van der Waals surface area contributed by atoms with E-state index in [2.05, 4.69) is 55.1 Å². The molecular weight excluding hydrogens is 617 g/mol.